The van der Waals surface area contributed by atoms with Crippen molar-refractivity contribution in [1.29, 1.82) is 0 Å². The van der Waals surface area contributed by atoms with E-state index in [9.17, 15) is 13.2 Å². The quantitative estimate of drug-likeness (QED) is 0.842. The minimum Gasteiger partial charge on any atom is -0.325 e. The highest BCUT2D eigenvalue weighted by molar-refractivity contribution is 9.10. The fourth-order valence-electron chi connectivity index (χ4n) is 1.38. The van der Waals surface area contributed by atoms with Gasteiger partial charge in [0.2, 0.25) is 5.91 Å². The smallest absolute Gasteiger partial charge is 0.241 e. The zero-order chi connectivity index (χ0) is 14.6. The molecule has 0 radical (unpaired) electrons. The van der Waals surface area contributed by atoms with E-state index in [1.165, 1.54) is 0 Å². The second kappa shape index (κ2) is 6.49. The molecule has 3 N–H and O–H groups in total. The monoisotopic (exact) mass is 348 g/mol. The average Bonchev–Trinajstić information content (AvgIpc) is 2.29. The van der Waals surface area contributed by atoms with Gasteiger partial charge in [-0.2, -0.15) is 0 Å². The van der Waals surface area contributed by atoms with Crippen molar-refractivity contribution in [1.82, 2.24) is 0 Å². The van der Waals surface area contributed by atoms with Gasteiger partial charge in [0.05, 0.1) is 11.8 Å². The third-order valence-corrected chi connectivity index (χ3v) is 4.41. The van der Waals surface area contributed by atoms with Crippen LogP contribution in [-0.4, -0.2) is 32.4 Å². The number of amides is 1. The molecule has 0 heterocycles. The molecular weight excluding hydrogens is 332 g/mol. The molecular formula is C12H17BrN2O3S. The lowest BCUT2D eigenvalue weighted by Gasteiger charge is -2.12. The maximum absolute atomic E-state index is 11.8. The van der Waals surface area contributed by atoms with Gasteiger partial charge in [0.15, 0.2) is 0 Å². The molecule has 1 atom stereocenters. The number of sulfone groups is 1. The van der Waals surface area contributed by atoms with Crippen molar-refractivity contribution >= 4 is 37.4 Å². The van der Waals surface area contributed by atoms with Crippen molar-refractivity contribution in [2.24, 2.45) is 5.73 Å². The van der Waals surface area contributed by atoms with Gasteiger partial charge in [0.25, 0.3) is 0 Å². The molecule has 0 saturated carbocycles. The summed E-state index contributed by atoms with van der Waals surface area (Å²) in [6, 6.07) is 4.56. The first-order valence-corrected chi connectivity index (χ1v) is 8.55. The van der Waals surface area contributed by atoms with Gasteiger partial charge in [-0.05, 0) is 31.0 Å². The number of halogens is 1. The molecule has 1 aromatic rings. The maximum Gasteiger partial charge on any atom is 0.241 e. The number of hydrogen-bond donors (Lipinski definition) is 2. The van der Waals surface area contributed by atoms with E-state index < -0.39 is 15.9 Å². The minimum atomic E-state index is -3.11. The predicted octanol–water partition coefficient (Wildman–Crippen LogP) is 1.46. The summed E-state index contributed by atoms with van der Waals surface area (Å²) in [7, 11) is -3.11. The fourth-order valence-corrected chi connectivity index (χ4v) is 2.44. The van der Waals surface area contributed by atoms with Crippen LogP contribution < -0.4 is 11.1 Å². The number of nitrogens with two attached hydrogens (primary N) is 1. The molecule has 1 amide bonds. The number of benzene rings is 1. The van der Waals surface area contributed by atoms with Gasteiger partial charge in [-0.25, -0.2) is 8.42 Å². The highest BCUT2D eigenvalue weighted by Crippen LogP contribution is 2.20. The Labute approximate surface area is 121 Å². The van der Waals surface area contributed by atoms with Gasteiger partial charge in [-0.15, -0.1) is 0 Å². The summed E-state index contributed by atoms with van der Waals surface area (Å²) in [6.45, 7) is 1.94. The molecule has 106 valence electrons. The molecule has 0 bridgehead atoms. The Balaban J connectivity index is 2.61. The van der Waals surface area contributed by atoms with Gasteiger partial charge in [-0.1, -0.05) is 22.0 Å². The van der Waals surface area contributed by atoms with Crippen molar-refractivity contribution in [3.8, 4) is 0 Å². The molecule has 0 aliphatic heterocycles. The number of carbonyl (C=O) groups excluding carboxylic acids is 1. The van der Waals surface area contributed by atoms with Crippen molar-refractivity contribution in [3.05, 3.63) is 28.2 Å². The van der Waals surface area contributed by atoms with Crippen LogP contribution in [0.15, 0.2) is 22.7 Å². The SMILES string of the molecule is Cc1ccc(NC(=O)C(N)CCS(C)(=O)=O)cc1Br. The molecule has 7 heteroatoms. The van der Waals surface area contributed by atoms with E-state index in [-0.39, 0.29) is 18.1 Å². The number of aryl methyl sites for hydroxylation is 1. The normalized spacial score (nSPS) is 13.1. The van der Waals surface area contributed by atoms with Crippen LogP contribution in [-0.2, 0) is 14.6 Å². The minimum absolute atomic E-state index is 0.0980. The Morgan fingerprint density at radius 1 is 1.47 bits per heavy atom. The average molecular weight is 349 g/mol. The van der Waals surface area contributed by atoms with Crippen LogP contribution in [0.1, 0.15) is 12.0 Å². The molecule has 1 rings (SSSR count). The number of nitrogens with one attached hydrogen (secondary N) is 1. The summed E-state index contributed by atoms with van der Waals surface area (Å²) in [5, 5.41) is 2.66. The number of rotatable bonds is 5. The van der Waals surface area contributed by atoms with E-state index in [0.717, 1.165) is 16.3 Å². The molecule has 19 heavy (non-hydrogen) atoms. The molecule has 0 spiro atoms. The Morgan fingerprint density at radius 3 is 2.63 bits per heavy atom. The molecule has 0 aliphatic carbocycles. The number of anilines is 1. The van der Waals surface area contributed by atoms with Crippen LogP contribution in [0, 0.1) is 6.92 Å². The van der Waals surface area contributed by atoms with E-state index in [0.29, 0.717) is 5.69 Å². The van der Waals surface area contributed by atoms with Crippen molar-refractivity contribution in [2.45, 2.75) is 19.4 Å². The molecule has 0 aromatic heterocycles. The first-order valence-electron chi connectivity index (χ1n) is 5.69. The van der Waals surface area contributed by atoms with Gasteiger partial charge in [-0.3, -0.25) is 4.79 Å². The van der Waals surface area contributed by atoms with Crippen LogP contribution >= 0.6 is 15.9 Å². The van der Waals surface area contributed by atoms with Crippen LogP contribution in [0.5, 0.6) is 0 Å². The Kier molecular flexibility index (Phi) is 5.51. The zero-order valence-corrected chi connectivity index (χ0v) is 13.2. The van der Waals surface area contributed by atoms with Gasteiger partial charge >= 0.3 is 0 Å². The Hall–Kier alpha value is -0.920. The second-order valence-electron chi connectivity index (χ2n) is 4.48. The van der Waals surface area contributed by atoms with E-state index in [1.807, 2.05) is 13.0 Å². The lowest BCUT2D eigenvalue weighted by Crippen LogP contribution is -2.37. The molecule has 0 aliphatic rings. The summed E-state index contributed by atoms with van der Waals surface area (Å²) in [5.74, 6) is -0.487. The van der Waals surface area contributed by atoms with Crippen LogP contribution in [0.25, 0.3) is 0 Å². The Bertz CT molecular complexity index is 572. The number of hydrogen-bond acceptors (Lipinski definition) is 4. The van der Waals surface area contributed by atoms with Crippen LogP contribution in [0.3, 0.4) is 0 Å². The maximum atomic E-state index is 11.8. The third-order valence-electron chi connectivity index (χ3n) is 2.58. The van der Waals surface area contributed by atoms with Crippen molar-refractivity contribution in [3.63, 3.8) is 0 Å². The van der Waals surface area contributed by atoms with Gasteiger partial charge < -0.3 is 11.1 Å². The predicted molar refractivity (Wildman–Crippen MR) is 79.8 cm³/mol. The van der Waals surface area contributed by atoms with Gasteiger partial charge in [0.1, 0.15) is 9.84 Å². The molecule has 0 fully saturated rings. The van der Waals surface area contributed by atoms with E-state index in [4.69, 9.17) is 5.73 Å². The highest BCUT2D eigenvalue weighted by Gasteiger charge is 2.16. The lowest BCUT2D eigenvalue weighted by molar-refractivity contribution is -0.117. The summed E-state index contributed by atoms with van der Waals surface area (Å²) in [6.07, 6.45) is 1.23. The molecule has 1 unspecified atom stereocenters. The first-order chi connectivity index (χ1) is 8.69. The summed E-state index contributed by atoms with van der Waals surface area (Å²) >= 11 is 3.37. The van der Waals surface area contributed by atoms with Crippen molar-refractivity contribution < 1.29 is 13.2 Å². The second-order valence-corrected chi connectivity index (χ2v) is 7.59. The van der Waals surface area contributed by atoms with E-state index in [2.05, 4.69) is 21.2 Å². The van der Waals surface area contributed by atoms with E-state index >= 15 is 0 Å². The Morgan fingerprint density at radius 2 is 2.11 bits per heavy atom. The standard InChI is InChI=1S/C12H17BrN2O3S/c1-8-3-4-9(7-10(8)13)15-12(16)11(14)5-6-19(2,17)18/h3-4,7,11H,5-6,14H2,1-2H3,(H,15,16). The zero-order valence-electron chi connectivity index (χ0n) is 10.8. The fraction of sp³-hybridized carbons (Fsp3) is 0.417. The summed E-state index contributed by atoms with van der Waals surface area (Å²) < 4.78 is 22.9. The van der Waals surface area contributed by atoms with E-state index in [1.54, 1.807) is 12.1 Å². The van der Waals surface area contributed by atoms with Gasteiger partial charge in [0, 0.05) is 16.4 Å². The summed E-state index contributed by atoms with van der Waals surface area (Å²) in [4.78, 5) is 11.8. The largest absolute Gasteiger partial charge is 0.325 e. The molecule has 1 aromatic carbocycles. The third kappa shape index (κ3) is 5.71. The lowest BCUT2D eigenvalue weighted by atomic mass is 10.2. The first kappa shape index (κ1) is 16.1. The van der Waals surface area contributed by atoms with Crippen LogP contribution in [0.2, 0.25) is 0 Å². The molecule has 5 nitrogen and oxygen atoms in total. The molecule has 0 saturated heterocycles. The highest BCUT2D eigenvalue weighted by atomic mass is 79.9. The number of carbonyl (C=O) groups is 1. The topological polar surface area (TPSA) is 89.3 Å². The van der Waals surface area contributed by atoms with Crippen molar-refractivity contribution in [2.75, 3.05) is 17.3 Å². The summed E-state index contributed by atoms with van der Waals surface area (Å²) in [5.41, 5.74) is 7.33. The van der Waals surface area contributed by atoms with Crippen LogP contribution in [0.4, 0.5) is 5.69 Å².